The van der Waals surface area contributed by atoms with Crippen LogP contribution in [0.15, 0.2) is 42.5 Å². The van der Waals surface area contributed by atoms with Gasteiger partial charge in [0.1, 0.15) is 11.6 Å². The van der Waals surface area contributed by atoms with E-state index in [1.165, 1.54) is 23.2 Å². The molecule has 0 atom stereocenters. The summed E-state index contributed by atoms with van der Waals surface area (Å²) in [6, 6.07) is 13.2. The second kappa shape index (κ2) is 6.48. The van der Waals surface area contributed by atoms with Crippen molar-refractivity contribution < 1.29 is 4.39 Å². The van der Waals surface area contributed by atoms with Crippen molar-refractivity contribution in [1.82, 2.24) is 14.5 Å². The molecular formula is C20H23FN4. The van der Waals surface area contributed by atoms with Crippen LogP contribution in [0.1, 0.15) is 11.4 Å². The summed E-state index contributed by atoms with van der Waals surface area (Å²) in [6.45, 7) is 6.84. The van der Waals surface area contributed by atoms with Gasteiger partial charge in [-0.2, -0.15) is 0 Å². The number of halogens is 1. The Morgan fingerprint density at radius 3 is 2.44 bits per heavy atom. The molecule has 1 aliphatic heterocycles. The van der Waals surface area contributed by atoms with Gasteiger partial charge in [0, 0.05) is 38.9 Å². The van der Waals surface area contributed by atoms with E-state index in [1.807, 2.05) is 12.1 Å². The summed E-state index contributed by atoms with van der Waals surface area (Å²) in [5.74, 6) is 0.926. The Balaban J connectivity index is 1.43. The molecule has 5 heteroatoms. The zero-order valence-corrected chi connectivity index (χ0v) is 14.7. The normalized spacial score (nSPS) is 15.9. The van der Waals surface area contributed by atoms with Crippen molar-refractivity contribution in [2.45, 2.75) is 13.5 Å². The Morgan fingerprint density at radius 1 is 1.00 bits per heavy atom. The maximum atomic E-state index is 13.1. The van der Waals surface area contributed by atoms with E-state index in [2.05, 4.69) is 46.5 Å². The molecule has 0 aliphatic carbocycles. The van der Waals surface area contributed by atoms with Gasteiger partial charge in [-0.25, -0.2) is 9.37 Å². The minimum absolute atomic E-state index is 0.181. The molecule has 0 N–H and O–H groups in total. The number of piperazine rings is 1. The van der Waals surface area contributed by atoms with Crippen LogP contribution in [-0.4, -0.2) is 40.6 Å². The standard InChI is InChI=1S/C20H23FN4/c1-15-3-8-19-18(13-15)22-20(23(19)2)14-24-9-11-25(12-10-24)17-6-4-16(21)5-7-17/h3-8,13H,9-12,14H2,1-2H3. The largest absolute Gasteiger partial charge is 0.369 e. The van der Waals surface area contributed by atoms with E-state index in [-0.39, 0.29) is 5.82 Å². The number of imidazole rings is 1. The fourth-order valence-corrected chi connectivity index (χ4v) is 3.52. The molecule has 1 aliphatic rings. The molecule has 2 heterocycles. The van der Waals surface area contributed by atoms with Gasteiger partial charge >= 0.3 is 0 Å². The van der Waals surface area contributed by atoms with Crippen molar-refractivity contribution >= 4 is 16.7 Å². The van der Waals surface area contributed by atoms with Gasteiger partial charge in [-0.15, -0.1) is 0 Å². The van der Waals surface area contributed by atoms with Crippen LogP contribution in [0, 0.1) is 12.7 Å². The summed E-state index contributed by atoms with van der Waals surface area (Å²) in [5, 5.41) is 0. The SMILES string of the molecule is Cc1ccc2c(c1)nc(CN1CCN(c3ccc(F)cc3)CC1)n2C. The fraction of sp³-hybridized carbons (Fsp3) is 0.350. The number of nitrogens with zero attached hydrogens (tertiary/aromatic N) is 4. The fourth-order valence-electron chi connectivity index (χ4n) is 3.52. The second-order valence-corrected chi connectivity index (χ2v) is 6.82. The first-order valence-corrected chi connectivity index (χ1v) is 8.75. The van der Waals surface area contributed by atoms with Crippen LogP contribution in [0.5, 0.6) is 0 Å². The molecule has 1 aromatic heterocycles. The third-order valence-corrected chi connectivity index (χ3v) is 5.06. The van der Waals surface area contributed by atoms with E-state index in [9.17, 15) is 4.39 Å². The number of anilines is 1. The molecule has 4 nitrogen and oxygen atoms in total. The van der Waals surface area contributed by atoms with Gasteiger partial charge in [-0.05, 0) is 48.9 Å². The van der Waals surface area contributed by atoms with Crippen LogP contribution >= 0.6 is 0 Å². The molecule has 0 spiro atoms. The number of benzene rings is 2. The van der Waals surface area contributed by atoms with Gasteiger partial charge in [0.05, 0.1) is 17.6 Å². The third kappa shape index (κ3) is 3.24. The first kappa shape index (κ1) is 16.1. The lowest BCUT2D eigenvalue weighted by Gasteiger charge is -2.35. The number of aryl methyl sites for hydroxylation is 2. The summed E-state index contributed by atoms with van der Waals surface area (Å²) in [4.78, 5) is 9.57. The maximum absolute atomic E-state index is 13.1. The maximum Gasteiger partial charge on any atom is 0.123 e. The molecule has 130 valence electrons. The van der Waals surface area contributed by atoms with Crippen molar-refractivity contribution in [3.8, 4) is 0 Å². The molecular weight excluding hydrogens is 315 g/mol. The minimum atomic E-state index is -0.181. The Morgan fingerprint density at radius 2 is 1.72 bits per heavy atom. The quantitative estimate of drug-likeness (QED) is 0.732. The van der Waals surface area contributed by atoms with Gasteiger partial charge in [-0.3, -0.25) is 4.90 Å². The highest BCUT2D eigenvalue weighted by atomic mass is 19.1. The first-order valence-electron chi connectivity index (χ1n) is 8.75. The highest BCUT2D eigenvalue weighted by Crippen LogP contribution is 2.20. The monoisotopic (exact) mass is 338 g/mol. The minimum Gasteiger partial charge on any atom is -0.369 e. The lowest BCUT2D eigenvalue weighted by Crippen LogP contribution is -2.46. The van der Waals surface area contributed by atoms with Gasteiger partial charge in [0.2, 0.25) is 0 Å². The number of rotatable bonds is 3. The van der Waals surface area contributed by atoms with E-state index in [4.69, 9.17) is 4.98 Å². The Hall–Kier alpha value is -2.40. The number of fused-ring (bicyclic) bond motifs is 1. The molecule has 1 saturated heterocycles. The van der Waals surface area contributed by atoms with Crippen molar-refractivity contribution in [1.29, 1.82) is 0 Å². The van der Waals surface area contributed by atoms with E-state index in [1.54, 1.807) is 0 Å². The van der Waals surface area contributed by atoms with Gasteiger partial charge < -0.3 is 9.47 Å². The topological polar surface area (TPSA) is 24.3 Å². The van der Waals surface area contributed by atoms with Gasteiger partial charge in [0.25, 0.3) is 0 Å². The average Bonchev–Trinajstić information content (AvgIpc) is 2.91. The van der Waals surface area contributed by atoms with E-state index >= 15 is 0 Å². The predicted octanol–water partition coefficient (Wildman–Crippen LogP) is 3.34. The van der Waals surface area contributed by atoms with Crippen molar-refractivity contribution in [2.24, 2.45) is 7.05 Å². The zero-order chi connectivity index (χ0) is 17.4. The van der Waals surface area contributed by atoms with E-state index in [0.29, 0.717) is 0 Å². The number of hydrogen-bond acceptors (Lipinski definition) is 3. The zero-order valence-electron chi connectivity index (χ0n) is 14.7. The Kier molecular flexibility index (Phi) is 4.17. The lowest BCUT2D eigenvalue weighted by atomic mass is 10.2. The van der Waals surface area contributed by atoms with Crippen LogP contribution in [0.2, 0.25) is 0 Å². The number of hydrogen-bond donors (Lipinski definition) is 0. The average molecular weight is 338 g/mol. The summed E-state index contributed by atoms with van der Waals surface area (Å²) in [7, 11) is 2.09. The summed E-state index contributed by atoms with van der Waals surface area (Å²) in [6.07, 6.45) is 0. The Bertz CT molecular complexity index is 877. The highest BCUT2D eigenvalue weighted by Gasteiger charge is 2.19. The van der Waals surface area contributed by atoms with E-state index < -0.39 is 0 Å². The Labute approximate surface area is 147 Å². The predicted molar refractivity (Wildman–Crippen MR) is 99.3 cm³/mol. The summed E-state index contributed by atoms with van der Waals surface area (Å²) in [5.41, 5.74) is 4.59. The molecule has 0 bridgehead atoms. The molecule has 4 rings (SSSR count). The third-order valence-electron chi connectivity index (χ3n) is 5.06. The lowest BCUT2D eigenvalue weighted by molar-refractivity contribution is 0.242. The van der Waals surface area contributed by atoms with Crippen LogP contribution in [0.3, 0.4) is 0 Å². The molecule has 3 aromatic rings. The van der Waals surface area contributed by atoms with Crippen LogP contribution < -0.4 is 4.90 Å². The second-order valence-electron chi connectivity index (χ2n) is 6.82. The summed E-state index contributed by atoms with van der Waals surface area (Å²) >= 11 is 0. The molecule has 2 aromatic carbocycles. The van der Waals surface area contributed by atoms with Gasteiger partial charge in [-0.1, -0.05) is 6.07 Å². The molecule has 0 amide bonds. The molecule has 0 unspecified atom stereocenters. The molecule has 0 saturated carbocycles. The van der Waals surface area contributed by atoms with Crippen LogP contribution in [-0.2, 0) is 13.6 Å². The van der Waals surface area contributed by atoms with Gasteiger partial charge in [0.15, 0.2) is 0 Å². The smallest absolute Gasteiger partial charge is 0.123 e. The van der Waals surface area contributed by atoms with Crippen molar-refractivity contribution in [3.05, 3.63) is 59.7 Å². The van der Waals surface area contributed by atoms with Crippen LogP contribution in [0.25, 0.3) is 11.0 Å². The first-order chi connectivity index (χ1) is 12.1. The van der Waals surface area contributed by atoms with Crippen LogP contribution in [0.4, 0.5) is 10.1 Å². The number of aromatic nitrogens is 2. The van der Waals surface area contributed by atoms with E-state index in [0.717, 1.165) is 49.8 Å². The van der Waals surface area contributed by atoms with Crippen molar-refractivity contribution in [3.63, 3.8) is 0 Å². The van der Waals surface area contributed by atoms with Crippen molar-refractivity contribution in [2.75, 3.05) is 31.1 Å². The molecule has 1 fully saturated rings. The molecule has 25 heavy (non-hydrogen) atoms. The highest BCUT2D eigenvalue weighted by molar-refractivity contribution is 5.76. The summed E-state index contributed by atoms with van der Waals surface area (Å²) < 4.78 is 15.3. The molecule has 0 radical (unpaired) electrons.